The summed E-state index contributed by atoms with van der Waals surface area (Å²) < 4.78 is 7.20. The Morgan fingerprint density at radius 2 is 2.13 bits per heavy atom. The summed E-state index contributed by atoms with van der Waals surface area (Å²) in [5, 5.41) is 1.06. The normalized spacial score (nSPS) is 11.4. The summed E-state index contributed by atoms with van der Waals surface area (Å²) in [6.45, 7) is 7.64. The highest BCUT2D eigenvalue weighted by Crippen LogP contribution is 2.24. The van der Waals surface area contributed by atoms with Gasteiger partial charge in [-0.1, -0.05) is 25.3 Å². The van der Waals surface area contributed by atoms with Gasteiger partial charge in [0.05, 0.1) is 24.6 Å². The molecule has 0 unspecified atom stereocenters. The van der Waals surface area contributed by atoms with Gasteiger partial charge in [-0.2, -0.15) is 0 Å². The molecule has 0 aliphatic rings. The quantitative estimate of drug-likeness (QED) is 0.525. The zero-order valence-electron chi connectivity index (χ0n) is 12.9. The fourth-order valence-corrected chi connectivity index (χ4v) is 2.38. The molecule has 3 aromatic rings. The standard InChI is InChI=1S/C19H17N3O/c1-4-5-17(14(2)23-3)19-8-6-15-12-16(7-9-18(15)21-19)22-11-10-20-13-22/h4-13H,1-2H2,3H3/b17-5+. The van der Waals surface area contributed by atoms with Crippen LogP contribution in [0.5, 0.6) is 0 Å². The Kier molecular flexibility index (Phi) is 4.06. The Morgan fingerprint density at radius 1 is 1.26 bits per heavy atom. The smallest absolute Gasteiger partial charge is 0.121 e. The van der Waals surface area contributed by atoms with Gasteiger partial charge in [-0.3, -0.25) is 0 Å². The third kappa shape index (κ3) is 2.92. The highest BCUT2D eigenvalue weighted by molar-refractivity contribution is 5.85. The molecule has 4 heteroatoms. The van der Waals surface area contributed by atoms with Crippen molar-refractivity contribution < 1.29 is 4.74 Å². The molecule has 0 atom stereocenters. The van der Waals surface area contributed by atoms with Crippen LogP contribution in [0.4, 0.5) is 0 Å². The topological polar surface area (TPSA) is 39.9 Å². The Hall–Kier alpha value is -3.14. The van der Waals surface area contributed by atoms with E-state index in [2.05, 4.69) is 24.2 Å². The Morgan fingerprint density at radius 3 is 2.83 bits per heavy atom. The van der Waals surface area contributed by atoms with Gasteiger partial charge in [0.25, 0.3) is 0 Å². The Balaban J connectivity index is 2.06. The first kappa shape index (κ1) is 14.8. The molecule has 0 fully saturated rings. The van der Waals surface area contributed by atoms with E-state index in [9.17, 15) is 0 Å². The SMILES string of the molecule is C=C/C=C(\C(=C)OC)c1ccc2cc(-n3ccnc3)ccc2n1. The van der Waals surface area contributed by atoms with Gasteiger partial charge in [0, 0.05) is 29.0 Å². The van der Waals surface area contributed by atoms with Crippen LogP contribution in [0.25, 0.3) is 22.2 Å². The minimum absolute atomic E-state index is 0.562. The number of nitrogens with zero attached hydrogens (tertiary/aromatic N) is 3. The third-order valence-corrected chi connectivity index (χ3v) is 3.58. The van der Waals surface area contributed by atoms with Crippen molar-refractivity contribution in [2.75, 3.05) is 7.11 Å². The number of imidazole rings is 1. The molecule has 2 aromatic heterocycles. The minimum atomic E-state index is 0.562. The summed E-state index contributed by atoms with van der Waals surface area (Å²) in [4.78, 5) is 8.78. The van der Waals surface area contributed by atoms with Crippen LogP contribution < -0.4 is 0 Å². The summed E-state index contributed by atoms with van der Waals surface area (Å²) in [6, 6.07) is 10.1. The number of fused-ring (bicyclic) bond motifs is 1. The molecule has 0 radical (unpaired) electrons. The number of benzene rings is 1. The van der Waals surface area contributed by atoms with Gasteiger partial charge in [0.15, 0.2) is 0 Å². The maximum Gasteiger partial charge on any atom is 0.121 e. The molecular formula is C19H17N3O. The van der Waals surface area contributed by atoms with Crippen LogP contribution in [0, 0.1) is 0 Å². The maximum atomic E-state index is 5.24. The Bertz CT molecular complexity index is 892. The van der Waals surface area contributed by atoms with Crippen molar-refractivity contribution >= 4 is 16.5 Å². The van der Waals surface area contributed by atoms with Crippen LogP contribution in [-0.4, -0.2) is 21.6 Å². The zero-order chi connectivity index (χ0) is 16.2. The fourth-order valence-electron chi connectivity index (χ4n) is 2.38. The second-order valence-electron chi connectivity index (χ2n) is 4.99. The summed E-state index contributed by atoms with van der Waals surface area (Å²) >= 11 is 0. The van der Waals surface area contributed by atoms with E-state index in [0.717, 1.165) is 27.9 Å². The maximum absolute atomic E-state index is 5.24. The first-order valence-electron chi connectivity index (χ1n) is 7.18. The molecule has 0 bridgehead atoms. The van der Waals surface area contributed by atoms with E-state index in [1.165, 1.54) is 0 Å². The lowest BCUT2D eigenvalue weighted by Gasteiger charge is -2.10. The van der Waals surface area contributed by atoms with E-state index >= 15 is 0 Å². The molecule has 0 amide bonds. The lowest BCUT2D eigenvalue weighted by molar-refractivity contribution is 0.312. The molecular weight excluding hydrogens is 286 g/mol. The van der Waals surface area contributed by atoms with E-state index in [1.807, 2.05) is 41.1 Å². The van der Waals surface area contributed by atoms with Gasteiger partial charge in [-0.05, 0) is 30.3 Å². The Labute approximate surface area is 135 Å². The second kappa shape index (κ2) is 6.32. The lowest BCUT2D eigenvalue weighted by atomic mass is 10.1. The number of hydrogen-bond donors (Lipinski definition) is 0. The van der Waals surface area contributed by atoms with E-state index < -0.39 is 0 Å². The number of rotatable bonds is 5. The lowest BCUT2D eigenvalue weighted by Crippen LogP contribution is -1.96. The monoisotopic (exact) mass is 303 g/mol. The van der Waals surface area contributed by atoms with E-state index in [4.69, 9.17) is 9.72 Å². The van der Waals surface area contributed by atoms with E-state index in [0.29, 0.717) is 5.76 Å². The van der Waals surface area contributed by atoms with Crippen LogP contribution in [-0.2, 0) is 4.74 Å². The number of methoxy groups -OCH3 is 1. The van der Waals surface area contributed by atoms with Crippen molar-refractivity contribution in [3.8, 4) is 5.69 Å². The van der Waals surface area contributed by atoms with Gasteiger partial charge >= 0.3 is 0 Å². The molecule has 2 heterocycles. The largest absolute Gasteiger partial charge is 0.497 e. The highest BCUT2D eigenvalue weighted by Gasteiger charge is 2.09. The minimum Gasteiger partial charge on any atom is -0.497 e. The van der Waals surface area contributed by atoms with Gasteiger partial charge in [0.2, 0.25) is 0 Å². The van der Waals surface area contributed by atoms with Crippen LogP contribution in [0.3, 0.4) is 0 Å². The van der Waals surface area contributed by atoms with Gasteiger partial charge in [-0.15, -0.1) is 0 Å². The van der Waals surface area contributed by atoms with Gasteiger partial charge < -0.3 is 9.30 Å². The number of allylic oxidation sites excluding steroid dienone is 3. The first-order valence-corrected chi connectivity index (χ1v) is 7.18. The first-order chi connectivity index (χ1) is 11.2. The van der Waals surface area contributed by atoms with Gasteiger partial charge in [-0.25, -0.2) is 9.97 Å². The second-order valence-corrected chi connectivity index (χ2v) is 4.99. The highest BCUT2D eigenvalue weighted by atomic mass is 16.5. The molecule has 114 valence electrons. The van der Waals surface area contributed by atoms with Crippen molar-refractivity contribution in [2.24, 2.45) is 0 Å². The predicted molar refractivity (Wildman–Crippen MR) is 93.2 cm³/mol. The summed E-state index contributed by atoms with van der Waals surface area (Å²) in [7, 11) is 1.59. The fraction of sp³-hybridized carbons (Fsp3) is 0.0526. The molecule has 1 aromatic carbocycles. The van der Waals surface area contributed by atoms with Gasteiger partial charge in [0.1, 0.15) is 5.76 Å². The summed E-state index contributed by atoms with van der Waals surface area (Å²) in [5.74, 6) is 0.562. The predicted octanol–water partition coefficient (Wildman–Crippen LogP) is 4.15. The number of hydrogen-bond acceptors (Lipinski definition) is 3. The van der Waals surface area contributed by atoms with Crippen molar-refractivity contribution in [1.82, 2.24) is 14.5 Å². The number of ether oxygens (including phenoxy) is 1. The molecule has 0 N–H and O–H groups in total. The number of pyridine rings is 1. The van der Waals surface area contributed by atoms with Crippen LogP contribution in [0.15, 0.2) is 80.1 Å². The van der Waals surface area contributed by atoms with E-state index in [-0.39, 0.29) is 0 Å². The molecule has 4 nitrogen and oxygen atoms in total. The molecule has 3 rings (SSSR count). The molecule has 0 spiro atoms. The van der Waals surface area contributed by atoms with Crippen molar-refractivity contribution in [2.45, 2.75) is 0 Å². The van der Waals surface area contributed by atoms with Crippen molar-refractivity contribution in [1.29, 1.82) is 0 Å². The zero-order valence-corrected chi connectivity index (χ0v) is 12.9. The van der Waals surface area contributed by atoms with Crippen molar-refractivity contribution in [3.05, 3.63) is 85.8 Å². The summed E-state index contributed by atoms with van der Waals surface area (Å²) in [6.07, 6.45) is 8.99. The van der Waals surface area contributed by atoms with Crippen molar-refractivity contribution in [3.63, 3.8) is 0 Å². The van der Waals surface area contributed by atoms with Crippen LogP contribution in [0.2, 0.25) is 0 Å². The molecule has 0 saturated heterocycles. The third-order valence-electron chi connectivity index (χ3n) is 3.58. The summed E-state index contributed by atoms with van der Waals surface area (Å²) in [5.41, 5.74) is 3.58. The molecule has 0 saturated carbocycles. The number of aromatic nitrogens is 3. The molecule has 23 heavy (non-hydrogen) atoms. The van der Waals surface area contributed by atoms with Crippen LogP contribution in [0.1, 0.15) is 5.69 Å². The molecule has 0 aliphatic heterocycles. The van der Waals surface area contributed by atoms with E-state index in [1.54, 1.807) is 25.7 Å². The molecule has 0 aliphatic carbocycles. The average molecular weight is 303 g/mol. The van der Waals surface area contributed by atoms with Crippen LogP contribution >= 0.6 is 0 Å². The average Bonchev–Trinajstić information content (AvgIpc) is 3.12.